The predicted molar refractivity (Wildman–Crippen MR) is 82.7 cm³/mol. The first kappa shape index (κ1) is 16.1. The number of methoxy groups -OCH3 is 2. The molecular weight excluding hydrogens is 266 g/mol. The summed E-state index contributed by atoms with van der Waals surface area (Å²) in [4.78, 5) is 15.3. The maximum Gasteiger partial charge on any atom is 0.240 e. The molecule has 1 aliphatic carbocycles. The van der Waals surface area contributed by atoms with Crippen LogP contribution in [0.3, 0.4) is 0 Å². The van der Waals surface area contributed by atoms with Gasteiger partial charge in [-0.2, -0.15) is 0 Å². The van der Waals surface area contributed by atoms with Crippen LogP contribution in [-0.2, 0) is 14.3 Å². The van der Waals surface area contributed by atoms with Crippen molar-refractivity contribution in [2.24, 2.45) is 11.3 Å². The van der Waals surface area contributed by atoms with E-state index in [1.54, 1.807) is 14.2 Å². The van der Waals surface area contributed by atoms with Crippen LogP contribution >= 0.6 is 0 Å². The van der Waals surface area contributed by atoms with Crippen LogP contribution in [0.15, 0.2) is 24.0 Å². The Kier molecular flexibility index (Phi) is 5.09. The summed E-state index contributed by atoms with van der Waals surface area (Å²) < 4.78 is 10.9. The highest BCUT2D eigenvalue weighted by Crippen LogP contribution is 2.43. The molecular formula is C17H27NO3. The smallest absolute Gasteiger partial charge is 0.240 e. The first-order valence-electron chi connectivity index (χ1n) is 7.80. The first-order valence-corrected chi connectivity index (χ1v) is 7.80. The molecule has 0 bridgehead atoms. The molecule has 2 aliphatic rings. The molecule has 1 heterocycles. The van der Waals surface area contributed by atoms with Gasteiger partial charge in [0, 0.05) is 13.7 Å². The van der Waals surface area contributed by atoms with E-state index in [4.69, 9.17) is 9.47 Å². The zero-order valence-electron chi connectivity index (χ0n) is 13.6. The summed E-state index contributed by atoms with van der Waals surface area (Å²) in [6.45, 7) is 5.59. The van der Waals surface area contributed by atoms with Crippen LogP contribution in [0.25, 0.3) is 0 Å². The van der Waals surface area contributed by atoms with Gasteiger partial charge < -0.3 is 14.4 Å². The number of allylic oxidation sites excluding steroid dienone is 2. The number of hydrogen-bond acceptors (Lipinski definition) is 3. The van der Waals surface area contributed by atoms with Crippen LogP contribution in [0.1, 0.15) is 33.1 Å². The summed E-state index contributed by atoms with van der Waals surface area (Å²) >= 11 is 0. The van der Waals surface area contributed by atoms with E-state index in [2.05, 4.69) is 19.9 Å². The predicted octanol–water partition coefficient (Wildman–Crippen LogP) is 2.76. The van der Waals surface area contributed by atoms with Crippen molar-refractivity contribution in [1.82, 2.24) is 4.90 Å². The molecule has 4 nitrogen and oxygen atoms in total. The Hall–Kier alpha value is -1.29. The van der Waals surface area contributed by atoms with E-state index in [0.29, 0.717) is 6.61 Å². The minimum atomic E-state index is -0.663. The van der Waals surface area contributed by atoms with Gasteiger partial charge in [-0.25, -0.2) is 0 Å². The number of rotatable bonds is 5. The minimum absolute atomic E-state index is 0.150. The van der Waals surface area contributed by atoms with Gasteiger partial charge in [0.2, 0.25) is 5.91 Å². The molecule has 2 rings (SSSR count). The molecule has 2 atom stereocenters. The molecule has 118 valence electrons. The molecule has 1 amide bonds. The highest BCUT2D eigenvalue weighted by molar-refractivity contribution is 5.88. The Balaban J connectivity index is 2.34. The van der Waals surface area contributed by atoms with E-state index >= 15 is 0 Å². The zero-order chi connectivity index (χ0) is 15.5. The highest BCUT2D eigenvalue weighted by Gasteiger charge is 2.49. The summed E-state index contributed by atoms with van der Waals surface area (Å²) in [6, 6.07) is 0.187. The Morgan fingerprint density at radius 3 is 2.86 bits per heavy atom. The average molecular weight is 293 g/mol. The van der Waals surface area contributed by atoms with Crippen molar-refractivity contribution in [3.8, 4) is 0 Å². The molecule has 1 fully saturated rings. The Morgan fingerprint density at radius 2 is 2.24 bits per heavy atom. The molecule has 1 saturated heterocycles. The number of carbonyl (C=O) groups excluding carboxylic acids is 1. The monoisotopic (exact) mass is 293 g/mol. The summed E-state index contributed by atoms with van der Waals surface area (Å²) in [5, 5.41) is 0. The molecule has 0 unspecified atom stereocenters. The number of ether oxygens (including phenoxy) is 2. The molecule has 0 aromatic heterocycles. The van der Waals surface area contributed by atoms with Gasteiger partial charge in [-0.15, -0.1) is 0 Å². The third-order valence-electron chi connectivity index (χ3n) is 4.71. The largest absolute Gasteiger partial charge is 0.500 e. The van der Waals surface area contributed by atoms with E-state index < -0.39 is 5.41 Å². The van der Waals surface area contributed by atoms with Crippen LogP contribution in [-0.4, -0.2) is 44.2 Å². The second-order valence-electron chi connectivity index (χ2n) is 6.18. The van der Waals surface area contributed by atoms with Crippen molar-refractivity contribution in [2.45, 2.75) is 39.2 Å². The van der Waals surface area contributed by atoms with Gasteiger partial charge in [-0.05, 0) is 31.3 Å². The Bertz CT molecular complexity index is 441. The van der Waals surface area contributed by atoms with E-state index in [9.17, 15) is 4.79 Å². The molecule has 1 aliphatic heterocycles. The average Bonchev–Trinajstić information content (AvgIpc) is 2.94. The number of nitrogens with zero attached hydrogens (tertiary/aromatic N) is 1. The highest BCUT2D eigenvalue weighted by atomic mass is 16.5. The fourth-order valence-electron chi connectivity index (χ4n) is 3.54. The summed E-state index contributed by atoms with van der Waals surface area (Å²) in [7, 11) is 3.35. The lowest BCUT2D eigenvalue weighted by Crippen LogP contribution is -2.50. The third-order valence-corrected chi connectivity index (χ3v) is 4.71. The quantitative estimate of drug-likeness (QED) is 0.732. The van der Waals surface area contributed by atoms with Crippen molar-refractivity contribution in [1.29, 1.82) is 0 Å². The second-order valence-corrected chi connectivity index (χ2v) is 6.18. The maximum atomic E-state index is 13.3. The van der Waals surface area contributed by atoms with Gasteiger partial charge in [-0.1, -0.05) is 26.0 Å². The first-order chi connectivity index (χ1) is 10.1. The second kappa shape index (κ2) is 6.65. The normalized spacial score (nSPS) is 28.9. The van der Waals surface area contributed by atoms with Gasteiger partial charge in [0.1, 0.15) is 11.2 Å². The van der Waals surface area contributed by atoms with E-state index in [-0.39, 0.29) is 17.9 Å². The molecule has 0 N–H and O–H groups in total. The van der Waals surface area contributed by atoms with Gasteiger partial charge in [0.15, 0.2) is 0 Å². The van der Waals surface area contributed by atoms with Crippen molar-refractivity contribution in [2.75, 3.05) is 27.4 Å². The van der Waals surface area contributed by atoms with Gasteiger partial charge in [0.25, 0.3) is 0 Å². The molecule has 0 radical (unpaired) electrons. The Labute approximate surface area is 127 Å². The minimum Gasteiger partial charge on any atom is -0.500 e. The lowest BCUT2D eigenvalue weighted by atomic mass is 9.71. The van der Waals surface area contributed by atoms with Crippen LogP contribution in [0.4, 0.5) is 0 Å². The third kappa shape index (κ3) is 2.73. The maximum absolute atomic E-state index is 13.3. The lowest BCUT2D eigenvalue weighted by molar-refractivity contribution is -0.143. The van der Waals surface area contributed by atoms with Crippen LogP contribution in [0.2, 0.25) is 0 Å². The van der Waals surface area contributed by atoms with Crippen LogP contribution in [0, 0.1) is 11.3 Å². The SMILES string of the molecule is COC[C@@H]1CCCN1C(=O)[C@@]1(C(C)C)C=CCC=C1OC. The molecule has 0 aromatic rings. The van der Waals surface area contributed by atoms with Gasteiger partial charge in [0.05, 0.1) is 19.8 Å². The van der Waals surface area contributed by atoms with Gasteiger partial charge >= 0.3 is 0 Å². The fourth-order valence-corrected chi connectivity index (χ4v) is 3.54. The van der Waals surface area contributed by atoms with Gasteiger partial charge in [-0.3, -0.25) is 4.79 Å². The number of carbonyl (C=O) groups is 1. The van der Waals surface area contributed by atoms with Crippen molar-refractivity contribution < 1.29 is 14.3 Å². The Morgan fingerprint density at radius 1 is 1.48 bits per heavy atom. The van der Waals surface area contributed by atoms with E-state index in [1.807, 2.05) is 17.1 Å². The topological polar surface area (TPSA) is 38.8 Å². The molecule has 0 saturated carbocycles. The van der Waals surface area contributed by atoms with Crippen molar-refractivity contribution in [3.63, 3.8) is 0 Å². The summed E-state index contributed by atoms with van der Waals surface area (Å²) in [5.74, 6) is 1.09. The van der Waals surface area contributed by atoms with E-state index in [0.717, 1.165) is 31.6 Å². The van der Waals surface area contributed by atoms with Crippen molar-refractivity contribution in [3.05, 3.63) is 24.0 Å². The molecule has 4 heteroatoms. The molecule has 0 spiro atoms. The number of hydrogen-bond donors (Lipinski definition) is 0. The summed E-state index contributed by atoms with van der Waals surface area (Å²) in [6.07, 6.45) is 9.03. The van der Waals surface area contributed by atoms with Crippen LogP contribution in [0.5, 0.6) is 0 Å². The lowest BCUT2D eigenvalue weighted by Gasteiger charge is -2.40. The fraction of sp³-hybridized carbons (Fsp3) is 0.706. The van der Waals surface area contributed by atoms with E-state index in [1.165, 1.54) is 0 Å². The van der Waals surface area contributed by atoms with Crippen molar-refractivity contribution >= 4 is 5.91 Å². The standard InChI is InChI=1S/C17H27NO3/c1-13(2)17(10-6-5-9-15(17)21-4)16(19)18-11-7-8-14(18)12-20-3/h6,9-10,13-14H,5,7-8,11-12H2,1-4H3/t14-,17+/m0/s1. The zero-order valence-corrected chi connectivity index (χ0v) is 13.6. The molecule has 21 heavy (non-hydrogen) atoms. The number of amides is 1. The number of likely N-dealkylation sites (tertiary alicyclic amines) is 1. The van der Waals surface area contributed by atoms with Crippen LogP contribution < -0.4 is 0 Å². The summed E-state index contributed by atoms with van der Waals surface area (Å²) in [5.41, 5.74) is -0.663. The molecule has 0 aromatic carbocycles.